The van der Waals surface area contributed by atoms with Crippen molar-refractivity contribution in [2.75, 3.05) is 26.2 Å². The summed E-state index contributed by atoms with van der Waals surface area (Å²) in [6.07, 6.45) is 1.21. The number of hydrogen-bond acceptors (Lipinski definition) is 3. The van der Waals surface area contributed by atoms with Crippen molar-refractivity contribution < 1.29 is 4.74 Å². The number of nitrogens with zero attached hydrogens (tertiary/aromatic N) is 2. The predicted octanol–water partition coefficient (Wildman–Crippen LogP) is 2.55. The SMILES string of the molecule is CC1CN(C(N)=NCCc2ccc(I)s2)CCO1.I. The number of nitrogens with two attached hydrogens (primary N) is 1. The number of aliphatic imine (C=N–C) groups is 1. The Hall–Kier alpha value is 0.390. The summed E-state index contributed by atoms with van der Waals surface area (Å²) in [4.78, 5) is 7.93. The van der Waals surface area contributed by atoms with Crippen LogP contribution in [0.15, 0.2) is 17.1 Å². The highest BCUT2D eigenvalue weighted by Crippen LogP contribution is 2.18. The molecule has 1 fully saturated rings. The van der Waals surface area contributed by atoms with Gasteiger partial charge in [0, 0.05) is 30.9 Å². The van der Waals surface area contributed by atoms with Crippen molar-refractivity contribution in [3.8, 4) is 0 Å². The van der Waals surface area contributed by atoms with Crippen LogP contribution in [0, 0.1) is 2.88 Å². The zero-order valence-electron chi connectivity index (χ0n) is 10.8. The summed E-state index contributed by atoms with van der Waals surface area (Å²) < 4.78 is 6.80. The number of ether oxygens (including phenoxy) is 1. The van der Waals surface area contributed by atoms with Gasteiger partial charge in [-0.3, -0.25) is 4.99 Å². The third-order valence-electron chi connectivity index (χ3n) is 2.83. The molecular formula is C12H19I2N3OS. The molecule has 0 spiro atoms. The first-order valence-corrected chi connectivity index (χ1v) is 7.95. The standard InChI is InChI=1S/C12H18IN3OS.HI/c1-9-8-16(6-7-17-9)12(14)15-5-4-10-2-3-11(13)18-10;/h2-3,9H,4-8H2,1H3,(H2,14,15);1H. The van der Waals surface area contributed by atoms with Gasteiger partial charge in [0.05, 0.1) is 15.6 Å². The fourth-order valence-corrected chi connectivity index (χ4v) is 3.64. The Morgan fingerprint density at radius 2 is 2.42 bits per heavy atom. The first-order valence-electron chi connectivity index (χ1n) is 6.06. The second kappa shape index (κ2) is 8.63. The maximum Gasteiger partial charge on any atom is 0.191 e. The Balaban J connectivity index is 0.00000180. The van der Waals surface area contributed by atoms with E-state index in [4.69, 9.17) is 10.5 Å². The Morgan fingerprint density at radius 1 is 1.63 bits per heavy atom. The van der Waals surface area contributed by atoms with Crippen LogP contribution in [-0.4, -0.2) is 43.2 Å². The maximum atomic E-state index is 6.00. The van der Waals surface area contributed by atoms with Crippen LogP contribution in [0.5, 0.6) is 0 Å². The van der Waals surface area contributed by atoms with Crippen LogP contribution in [0.2, 0.25) is 0 Å². The number of hydrogen-bond donors (Lipinski definition) is 1. The summed E-state index contributed by atoms with van der Waals surface area (Å²) in [5, 5.41) is 0. The van der Waals surface area contributed by atoms with Gasteiger partial charge in [-0.2, -0.15) is 0 Å². The highest BCUT2D eigenvalue weighted by atomic mass is 127. The molecule has 0 saturated carbocycles. The van der Waals surface area contributed by atoms with Crippen molar-refractivity contribution in [2.24, 2.45) is 10.7 Å². The summed E-state index contributed by atoms with van der Waals surface area (Å²) in [6, 6.07) is 4.30. The van der Waals surface area contributed by atoms with E-state index >= 15 is 0 Å². The molecule has 1 aromatic rings. The molecule has 4 nitrogen and oxygen atoms in total. The highest BCUT2D eigenvalue weighted by molar-refractivity contribution is 14.1. The second-order valence-corrected chi connectivity index (χ2v) is 7.39. The lowest BCUT2D eigenvalue weighted by Crippen LogP contribution is -2.47. The monoisotopic (exact) mass is 507 g/mol. The van der Waals surface area contributed by atoms with E-state index in [-0.39, 0.29) is 30.1 Å². The quantitative estimate of drug-likeness (QED) is 0.389. The van der Waals surface area contributed by atoms with Gasteiger partial charge in [-0.15, -0.1) is 35.3 Å². The zero-order valence-corrected chi connectivity index (χ0v) is 16.1. The fraction of sp³-hybridized carbons (Fsp3) is 0.583. The number of morpholine rings is 1. The van der Waals surface area contributed by atoms with Crippen molar-refractivity contribution in [1.29, 1.82) is 0 Å². The van der Waals surface area contributed by atoms with Crippen LogP contribution < -0.4 is 5.73 Å². The van der Waals surface area contributed by atoms with Crippen LogP contribution in [0.1, 0.15) is 11.8 Å². The summed E-state index contributed by atoms with van der Waals surface area (Å²) in [6.45, 7) is 5.24. The molecule has 0 bridgehead atoms. The topological polar surface area (TPSA) is 50.8 Å². The summed E-state index contributed by atoms with van der Waals surface area (Å²) in [5.41, 5.74) is 6.00. The molecule has 7 heteroatoms. The van der Waals surface area contributed by atoms with Crippen LogP contribution in [0.4, 0.5) is 0 Å². The summed E-state index contributed by atoms with van der Waals surface area (Å²) in [7, 11) is 0. The number of halogens is 2. The molecule has 1 saturated heterocycles. The lowest BCUT2D eigenvalue weighted by atomic mass is 10.3. The van der Waals surface area contributed by atoms with E-state index in [1.807, 2.05) is 11.3 Å². The molecule has 0 aromatic carbocycles. The van der Waals surface area contributed by atoms with Crippen molar-refractivity contribution in [2.45, 2.75) is 19.4 Å². The van der Waals surface area contributed by atoms with Gasteiger partial charge in [-0.1, -0.05) is 0 Å². The minimum atomic E-state index is 0. The second-order valence-electron chi connectivity index (χ2n) is 4.32. The highest BCUT2D eigenvalue weighted by Gasteiger charge is 2.17. The molecular weight excluding hydrogens is 488 g/mol. The number of rotatable bonds is 3. The van der Waals surface area contributed by atoms with Crippen LogP contribution in [-0.2, 0) is 11.2 Å². The van der Waals surface area contributed by atoms with Gasteiger partial charge in [-0.25, -0.2) is 0 Å². The molecule has 2 heterocycles. The van der Waals surface area contributed by atoms with E-state index in [1.54, 1.807) is 0 Å². The van der Waals surface area contributed by atoms with Crippen molar-refractivity contribution in [1.82, 2.24) is 4.90 Å². The third-order valence-corrected chi connectivity index (χ3v) is 4.78. The first-order chi connectivity index (χ1) is 8.65. The third kappa shape index (κ3) is 5.72. The van der Waals surface area contributed by atoms with E-state index in [1.165, 1.54) is 7.76 Å². The average Bonchev–Trinajstić information content (AvgIpc) is 2.75. The van der Waals surface area contributed by atoms with Gasteiger partial charge in [0.15, 0.2) is 5.96 Å². The summed E-state index contributed by atoms with van der Waals surface area (Å²) in [5.74, 6) is 0.649. The van der Waals surface area contributed by atoms with Crippen molar-refractivity contribution in [3.63, 3.8) is 0 Å². The van der Waals surface area contributed by atoms with Gasteiger partial charge >= 0.3 is 0 Å². The molecule has 2 N–H and O–H groups in total. The average molecular weight is 507 g/mol. The number of guanidine groups is 1. The molecule has 0 aliphatic carbocycles. The van der Waals surface area contributed by atoms with Crippen molar-refractivity contribution >= 4 is 63.9 Å². The van der Waals surface area contributed by atoms with E-state index in [0.717, 1.165) is 32.7 Å². The maximum absolute atomic E-state index is 6.00. The Morgan fingerprint density at radius 3 is 3.05 bits per heavy atom. The van der Waals surface area contributed by atoms with Crippen molar-refractivity contribution in [3.05, 3.63) is 19.9 Å². The molecule has 0 radical (unpaired) electrons. The minimum absolute atomic E-state index is 0. The Kier molecular flexibility index (Phi) is 7.92. The Labute approximate surface area is 148 Å². The van der Waals surface area contributed by atoms with Gasteiger partial charge < -0.3 is 15.4 Å². The lowest BCUT2D eigenvalue weighted by molar-refractivity contribution is 0.00530. The molecule has 2 rings (SSSR count). The molecule has 1 unspecified atom stereocenters. The van der Waals surface area contributed by atoms with E-state index < -0.39 is 0 Å². The van der Waals surface area contributed by atoms with Gasteiger partial charge in [-0.05, 0) is 41.6 Å². The van der Waals surface area contributed by atoms with Gasteiger partial charge in [0.1, 0.15) is 0 Å². The van der Waals surface area contributed by atoms with Crippen LogP contribution in [0.3, 0.4) is 0 Å². The first kappa shape index (κ1) is 17.4. The normalized spacial score (nSPS) is 20.2. The molecule has 1 atom stereocenters. The van der Waals surface area contributed by atoms with E-state index in [0.29, 0.717) is 5.96 Å². The fourth-order valence-electron chi connectivity index (χ4n) is 1.89. The molecule has 1 aromatic heterocycles. The molecule has 1 aliphatic heterocycles. The minimum Gasteiger partial charge on any atom is -0.375 e. The lowest BCUT2D eigenvalue weighted by Gasteiger charge is -2.31. The summed E-state index contributed by atoms with van der Waals surface area (Å²) >= 11 is 4.16. The van der Waals surface area contributed by atoms with E-state index in [9.17, 15) is 0 Å². The Bertz CT molecular complexity index is 425. The largest absolute Gasteiger partial charge is 0.375 e. The molecule has 108 valence electrons. The number of thiophene rings is 1. The molecule has 0 amide bonds. The zero-order chi connectivity index (χ0) is 13.0. The van der Waals surface area contributed by atoms with Crippen LogP contribution in [0.25, 0.3) is 0 Å². The predicted molar refractivity (Wildman–Crippen MR) is 99.6 cm³/mol. The van der Waals surface area contributed by atoms with Gasteiger partial charge in [0.25, 0.3) is 0 Å². The van der Waals surface area contributed by atoms with E-state index in [2.05, 4.69) is 51.5 Å². The van der Waals surface area contributed by atoms with Gasteiger partial charge in [0.2, 0.25) is 0 Å². The van der Waals surface area contributed by atoms with Crippen LogP contribution >= 0.6 is 57.9 Å². The molecule has 1 aliphatic rings. The molecule has 19 heavy (non-hydrogen) atoms. The smallest absolute Gasteiger partial charge is 0.191 e.